The number of carbonyl (C=O) groups excluding carboxylic acids is 3. The third kappa shape index (κ3) is 18.8. The fourth-order valence-electron chi connectivity index (χ4n) is 4.86. The SMILES string of the molecule is CBr.CC.CC.CC.CC(=O)c1ccc(C)cc1C.Cc1cc(C=O)cc(C)c1C.Cc1ccc(C(=O)/C=C/c2cc(C)c(C)c(C)c2)c(C)c1. The van der Waals surface area contributed by atoms with Crippen molar-refractivity contribution in [1.82, 2.24) is 0 Å². The summed E-state index contributed by atoms with van der Waals surface area (Å²) < 4.78 is 0. The quantitative estimate of drug-likeness (QED) is 0.0881. The molecule has 0 heterocycles. The molecule has 0 radical (unpaired) electrons. The van der Waals surface area contributed by atoms with Gasteiger partial charge in [-0.05, 0) is 150 Å². The van der Waals surface area contributed by atoms with Crippen LogP contribution in [0.3, 0.4) is 0 Å². The minimum atomic E-state index is 0.0587. The molecule has 0 aliphatic heterocycles. The molecule has 0 aliphatic carbocycles. The lowest BCUT2D eigenvalue weighted by atomic mass is 9.99. The van der Waals surface area contributed by atoms with E-state index in [1.165, 1.54) is 44.5 Å². The van der Waals surface area contributed by atoms with E-state index in [1.54, 1.807) is 13.0 Å². The summed E-state index contributed by atoms with van der Waals surface area (Å²) in [6, 6.07) is 19.9. The minimum absolute atomic E-state index is 0.0587. The van der Waals surface area contributed by atoms with Gasteiger partial charge in [-0.3, -0.25) is 14.4 Å². The van der Waals surface area contributed by atoms with E-state index in [0.29, 0.717) is 0 Å². The van der Waals surface area contributed by atoms with Gasteiger partial charge in [-0.25, -0.2) is 0 Å². The van der Waals surface area contributed by atoms with Crippen molar-refractivity contribution in [3.8, 4) is 0 Å². The van der Waals surface area contributed by atoms with E-state index >= 15 is 0 Å². The molecule has 3 nitrogen and oxygen atoms in total. The molecule has 0 bridgehead atoms. The van der Waals surface area contributed by atoms with Gasteiger partial charge < -0.3 is 0 Å². The number of alkyl halides is 1. The van der Waals surface area contributed by atoms with Gasteiger partial charge in [0.25, 0.3) is 0 Å². The van der Waals surface area contributed by atoms with Crippen LogP contribution in [0.5, 0.6) is 0 Å². The molecular formula is C47H67BrO3. The van der Waals surface area contributed by atoms with Gasteiger partial charge in [0.15, 0.2) is 11.6 Å². The molecule has 4 aromatic rings. The number of ketones is 2. The molecule has 0 unspecified atom stereocenters. The Labute approximate surface area is 321 Å². The van der Waals surface area contributed by atoms with Crippen molar-refractivity contribution in [3.63, 3.8) is 0 Å². The molecule has 0 aliphatic rings. The minimum Gasteiger partial charge on any atom is -0.298 e. The van der Waals surface area contributed by atoms with Crippen LogP contribution in [0, 0.1) is 69.2 Å². The number of hydrogen-bond acceptors (Lipinski definition) is 3. The molecule has 0 amide bonds. The Bertz CT molecular complexity index is 1630. The van der Waals surface area contributed by atoms with Gasteiger partial charge >= 0.3 is 0 Å². The first-order chi connectivity index (χ1) is 24.1. The normalized spacial score (nSPS) is 9.24. The predicted molar refractivity (Wildman–Crippen MR) is 231 cm³/mol. The highest BCUT2D eigenvalue weighted by atomic mass is 79.9. The number of hydrogen-bond donors (Lipinski definition) is 0. The van der Waals surface area contributed by atoms with Crippen LogP contribution in [0.25, 0.3) is 6.08 Å². The lowest BCUT2D eigenvalue weighted by Crippen LogP contribution is -1.98. The van der Waals surface area contributed by atoms with Gasteiger partial charge in [-0.2, -0.15) is 0 Å². The van der Waals surface area contributed by atoms with Crippen LogP contribution >= 0.6 is 15.9 Å². The summed E-state index contributed by atoms with van der Waals surface area (Å²) in [4.78, 5) is 33.7. The van der Waals surface area contributed by atoms with E-state index in [2.05, 4.69) is 55.8 Å². The van der Waals surface area contributed by atoms with Gasteiger partial charge in [-0.15, -0.1) is 0 Å². The van der Waals surface area contributed by atoms with Crippen LogP contribution in [0.4, 0.5) is 0 Å². The standard InChI is InChI=1S/C20H22O.2C10H12O.3C2H6.CH3Br/c1-13-6-8-19(16(4)10-13)20(21)9-7-18-11-14(2)17(5)15(3)12-18;1-7-4-10(6-11)5-8(2)9(7)3;1-7-4-5-10(9(3)11)8(2)6-7;4*1-2/h6-12H,1-5H3;2*4-6H,1-3H3;3*1-2H3;1H3/b9-7+;;;;;;. The molecule has 0 atom stereocenters. The molecule has 51 heavy (non-hydrogen) atoms. The first kappa shape index (κ1) is 51.5. The Morgan fingerprint density at radius 2 is 0.824 bits per heavy atom. The number of aldehydes is 1. The molecule has 4 aromatic carbocycles. The molecule has 0 fully saturated rings. The third-order valence-electron chi connectivity index (χ3n) is 7.87. The van der Waals surface area contributed by atoms with E-state index in [-0.39, 0.29) is 11.6 Å². The Hall–Kier alpha value is -3.89. The van der Waals surface area contributed by atoms with Gasteiger partial charge in [-0.1, -0.05) is 123 Å². The molecule has 0 spiro atoms. The summed E-state index contributed by atoms with van der Waals surface area (Å²) in [5, 5.41) is 0. The summed E-state index contributed by atoms with van der Waals surface area (Å²) >= 11 is 2.94. The molecular weight excluding hydrogens is 692 g/mol. The smallest absolute Gasteiger partial charge is 0.186 e. The molecule has 280 valence electrons. The number of carbonyl (C=O) groups is 3. The van der Waals surface area contributed by atoms with Crippen LogP contribution in [0.2, 0.25) is 0 Å². The molecule has 0 saturated heterocycles. The zero-order valence-corrected chi connectivity index (χ0v) is 36.7. The number of allylic oxidation sites excluding steroid dienone is 1. The van der Waals surface area contributed by atoms with E-state index in [1.807, 2.05) is 144 Å². The first-order valence-corrected chi connectivity index (χ1v) is 19.6. The molecule has 4 rings (SSSR count). The van der Waals surface area contributed by atoms with Crippen molar-refractivity contribution in [2.24, 2.45) is 0 Å². The second kappa shape index (κ2) is 28.8. The third-order valence-corrected chi connectivity index (χ3v) is 7.87. The number of halogens is 1. The lowest BCUT2D eigenvalue weighted by Gasteiger charge is -2.06. The van der Waals surface area contributed by atoms with E-state index in [0.717, 1.165) is 39.7 Å². The van der Waals surface area contributed by atoms with Crippen LogP contribution in [-0.2, 0) is 0 Å². The zero-order valence-electron chi connectivity index (χ0n) is 35.1. The second-order valence-corrected chi connectivity index (χ2v) is 11.6. The summed E-state index contributed by atoms with van der Waals surface area (Å²) in [6.45, 7) is 34.0. The maximum Gasteiger partial charge on any atom is 0.186 e. The van der Waals surface area contributed by atoms with Gasteiger partial charge in [0.1, 0.15) is 6.29 Å². The lowest BCUT2D eigenvalue weighted by molar-refractivity contribution is 0.101. The highest BCUT2D eigenvalue weighted by molar-refractivity contribution is 9.08. The van der Waals surface area contributed by atoms with Gasteiger partial charge in [0.2, 0.25) is 0 Å². The summed E-state index contributed by atoms with van der Waals surface area (Å²) in [5.74, 6) is 2.01. The molecule has 0 aromatic heterocycles. The highest BCUT2D eigenvalue weighted by Crippen LogP contribution is 2.18. The van der Waals surface area contributed by atoms with E-state index in [9.17, 15) is 14.4 Å². The molecule has 4 heteroatoms. The van der Waals surface area contributed by atoms with E-state index in [4.69, 9.17) is 0 Å². The van der Waals surface area contributed by atoms with Gasteiger partial charge in [0.05, 0.1) is 0 Å². The fraction of sp³-hybridized carbons (Fsp3) is 0.383. The highest BCUT2D eigenvalue weighted by Gasteiger charge is 2.06. The van der Waals surface area contributed by atoms with Crippen molar-refractivity contribution in [1.29, 1.82) is 0 Å². The summed E-state index contributed by atoms with van der Waals surface area (Å²) in [7, 11) is 0. The van der Waals surface area contributed by atoms with Crippen LogP contribution < -0.4 is 0 Å². The van der Waals surface area contributed by atoms with Crippen molar-refractivity contribution in [2.75, 3.05) is 5.83 Å². The van der Waals surface area contributed by atoms with Crippen molar-refractivity contribution in [2.45, 2.75) is 118 Å². The molecule has 0 N–H and O–H groups in total. The maximum atomic E-state index is 12.3. The van der Waals surface area contributed by atoms with E-state index < -0.39 is 0 Å². The molecule has 0 saturated carbocycles. The Balaban J connectivity index is -0.000000655. The largest absolute Gasteiger partial charge is 0.298 e. The monoisotopic (exact) mass is 758 g/mol. The van der Waals surface area contributed by atoms with Crippen LogP contribution in [0.1, 0.15) is 141 Å². The topological polar surface area (TPSA) is 51.2 Å². The van der Waals surface area contributed by atoms with Crippen molar-refractivity contribution in [3.05, 3.63) is 145 Å². The second-order valence-electron chi connectivity index (χ2n) is 11.6. The average molecular weight is 760 g/mol. The zero-order chi connectivity index (χ0) is 40.4. The number of benzene rings is 4. The summed E-state index contributed by atoms with van der Waals surface area (Å²) in [5.41, 5.74) is 15.4. The Morgan fingerprint density at radius 1 is 0.490 bits per heavy atom. The van der Waals surface area contributed by atoms with Gasteiger partial charge in [0, 0.05) is 16.7 Å². The Kier molecular flexibility index (Phi) is 29.0. The first-order valence-electron chi connectivity index (χ1n) is 18.0. The summed E-state index contributed by atoms with van der Waals surface area (Å²) in [6.07, 6.45) is 4.46. The van der Waals surface area contributed by atoms with Crippen molar-refractivity contribution >= 4 is 39.9 Å². The van der Waals surface area contributed by atoms with Crippen LogP contribution in [0.15, 0.2) is 66.7 Å². The maximum absolute atomic E-state index is 12.3. The fourth-order valence-corrected chi connectivity index (χ4v) is 4.86. The number of aryl methyl sites for hydroxylation is 8. The average Bonchev–Trinajstić information content (AvgIpc) is 3.12. The number of Topliss-reactive ketones (excluding diaryl/α,β-unsaturated/α-hetero) is 1. The van der Waals surface area contributed by atoms with Crippen LogP contribution in [-0.4, -0.2) is 23.7 Å². The van der Waals surface area contributed by atoms with Crippen molar-refractivity contribution < 1.29 is 14.4 Å². The Morgan fingerprint density at radius 3 is 1.14 bits per heavy atom. The predicted octanol–water partition coefficient (Wildman–Crippen LogP) is 14.1. The number of rotatable bonds is 5.